The normalized spacial score (nSPS) is 10.8. The first-order valence-electron chi connectivity index (χ1n) is 8.57. The summed E-state index contributed by atoms with van der Waals surface area (Å²) in [5.41, 5.74) is 0. The number of hydrogen-bond donors (Lipinski definition) is 0. The monoisotopic (exact) mass is 276 g/mol. The van der Waals surface area contributed by atoms with Crippen molar-refractivity contribution in [2.75, 3.05) is 0 Å². The number of aryl methyl sites for hydroxylation is 1. The molecule has 1 rings (SSSR count). The first-order chi connectivity index (χ1) is 9.93. The van der Waals surface area contributed by atoms with Crippen LogP contribution in [0.3, 0.4) is 0 Å². The van der Waals surface area contributed by atoms with E-state index >= 15 is 0 Å². The second-order valence-electron chi connectivity index (χ2n) is 5.80. The molecule has 0 fully saturated rings. The van der Waals surface area contributed by atoms with Crippen molar-refractivity contribution in [1.29, 1.82) is 0 Å². The predicted molar refractivity (Wildman–Crippen MR) is 88.0 cm³/mol. The van der Waals surface area contributed by atoms with Gasteiger partial charge in [0.05, 0.1) is 6.26 Å². The van der Waals surface area contributed by atoms with Crippen LogP contribution in [0.1, 0.15) is 82.8 Å². The third kappa shape index (κ3) is 9.89. The molecule has 0 saturated carbocycles. The van der Waals surface area contributed by atoms with E-state index in [9.17, 15) is 0 Å². The van der Waals surface area contributed by atoms with Crippen molar-refractivity contribution in [3.8, 4) is 0 Å². The van der Waals surface area contributed by atoms with E-state index in [1.807, 2.05) is 12.1 Å². The van der Waals surface area contributed by atoms with Crippen molar-refractivity contribution in [1.82, 2.24) is 0 Å². The van der Waals surface area contributed by atoms with Gasteiger partial charge in [0.1, 0.15) is 5.76 Å². The van der Waals surface area contributed by atoms with Gasteiger partial charge in [-0.15, -0.1) is 6.58 Å². The lowest BCUT2D eigenvalue weighted by Gasteiger charge is -2.02. The molecule has 0 spiro atoms. The summed E-state index contributed by atoms with van der Waals surface area (Å²) >= 11 is 0. The Hall–Kier alpha value is -0.980. The van der Waals surface area contributed by atoms with Gasteiger partial charge in [-0.25, -0.2) is 0 Å². The topological polar surface area (TPSA) is 13.1 Å². The molecule has 0 aliphatic carbocycles. The average molecular weight is 276 g/mol. The maximum absolute atomic E-state index is 5.34. The van der Waals surface area contributed by atoms with Crippen LogP contribution >= 0.6 is 0 Å². The van der Waals surface area contributed by atoms with E-state index in [1.165, 1.54) is 77.0 Å². The van der Waals surface area contributed by atoms with Gasteiger partial charge in [0, 0.05) is 6.42 Å². The molecule has 0 aromatic carbocycles. The summed E-state index contributed by atoms with van der Waals surface area (Å²) in [6.07, 6.45) is 21.4. The molecular weight excluding hydrogens is 244 g/mol. The van der Waals surface area contributed by atoms with Crippen molar-refractivity contribution in [2.24, 2.45) is 0 Å². The van der Waals surface area contributed by atoms with Gasteiger partial charge in [-0.05, 0) is 31.4 Å². The van der Waals surface area contributed by atoms with Crippen LogP contribution in [0.15, 0.2) is 35.5 Å². The summed E-state index contributed by atoms with van der Waals surface area (Å²) in [5.74, 6) is 1.14. The molecule has 0 bridgehead atoms. The third-order valence-electron chi connectivity index (χ3n) is 3.91. The van der Waals surface area contributed by atoms with Crippen molar-refractivity contribution >= 4 is 0 Å². The zero-order chi connectivity index (χ0) is 14.3. The molecule has 114 valence electrons. The zero-order valence-corrected chi connectivity index (χ0v) is 13.1. The van der Waals surface area contributed by atoms with Crippen LogP contribution in [0.25, 0.3) is 0 Å². The quantitative estimate of drug-likeness (QED) is 0.272. The molecule has 0 aliphatic rings. The Bertz CT molecular complexity index is 300. The highest BCUT2D eigenvalue weighted by Gasteiger charge is 1.96. The van der Waals surface area contributed by atoms with Gasteiger partial charge in [-0.2, -0.15) is 0 Å². The lowest BCUT2D eigenvalue weighted by atomic mass is 10.0. The van der Waals surface area contributed by atoms with E-state index < -0.39 is 0 Å². The van der Waals surface area contributed by atoms with Gasteiger partial charge < -0.3 is 4.42 Å². The van der Waals surface area contributed by atoms with Crippen LogP contribution < -0.4 is 0 Å². The molecule has 20 heavy (non-hydrogen) atoms. The SMILES string of the molecule is C=CCCCCCCCCCCCCCc1ccco1. The zero-order valence-electron chi connectivity index (χ0n) is 13.1. The minimum absolute atomic E-state index is 1.11. The second-order valence-corrected chi connectivity index (χ2v) is 5.80. The average Bonchev–Trinajstić information content (AvgIpc) is 2.97. The van der Waals surface area contributed by atoms with Gasteiger partial charge >= 0.3 is 0 Å². The van der Waals surface area contributed by atoms with E-state index in [0.29, 0.717) is 0 Å². The molecule has 0 saturated heterocycles. The van der Waals surface area contributed by atoms with Crippen LogP contribution in [-0.2, 0) is 6.42 Å². The fourth-order valence-corrected chi connectivity index (χ4v) is 2.63. The number of hydrogen-bond acceptors (Lipinski definition) is 1. The number of furan rings is 1. The fourth-order valence-electron chi connectivity index (χ4n) is 2.63. The van der Waals surface area contributed by atoms with E-state index in [4.69, 9.17) is 4.42 Å². The van der Waals surface area contributed by atoms with Crippen LogP contribution in [-0.4, -0.2) is 0 Å². The van der Waals surface area contributed by atoms with E-state index in [2.05, 4.69) is 12.6 Å². The second kappa shape index (κ2) is 13.0. The minimum atomic E-state index is 1.11. The molecule has 0 amide bonds. The third-order valence-corrected chi connectivity index (χ3v) is 3.91. The number of unbranched alkanes of at least 4 members (excludes halogenated alkanes) is 11. The van der Waals surface area contributed by atoms with Crippen molar-refractivity contribution in [3.05, 3.63) is 36.8 Å². The number of rotatable bonds is 14. The Morgan fingerprint density at radius 1 is 0.800 bits per heavy atom. The van der Waals surface area contributed by atoms with E-state index in [1.54, 1.807) is 6.26 Å². The van der Waals surface area contributed by atoms with Crippen LogP contribution in [0.5, 0.6) is 0 Å². The fraction of sp³-hybridized carbons (Fsp3) is 0.684. The van der Waals surface area contributed by atoms with Crippen molar-refractivity contribution in [3.63, 3.8) is 0 Å². The molecule has 0 unspecified atom stereocenters. The maximum Gasteiger partial charge on any atom is 0.103 e. The van der Waals surface area contributed by atoms with E-state index in [0.717, 1.165) is 12.2 Å². The molecule has 1 aromatic heterocycles. The van der Waals surface area contributed by atoms with Crippen LogP contribution in [0.4, 0.5) is 0 Å². The van der Waals surface area contributed by atoms with Gasteiger partial charge in [0.15, 0.2) is 0 Å². The smallest absolute Gasteiger partial charge is 0.103 e. The Morgan fingerprint density at radius 3 is 1.85 bits per heavy atom. The molecule has 0 radical (unpaired) electrons. The maximum atomic E-state index is 5.34. The summed E-state index contributed by atoms with van der Waals surface area (Å²) < 4.78 is 5.34. The lowest BCUT2D eigenvalue weighted by Crippen LogP contribution is -1.85. The largest absolute Gasteiger partial charge is 0.469 e. The molecule has 0 aliphatic heterocycles. The molecule has 1 nitrogen and oxygen atoms in total. The van der Waals surface area contributed by atoms with E-state index in [-0.39, 0.29) is 0 Å². The molecule has 1 heterocycles. The molecular formula is C19H32O. The van der Waals surface area contributed by atoms with Gasteiger partial charge in [-0.1, -0.05) is 63.9 Å². The van der Waals surface area contributed by atoms with Crippen molar-refractivity contribution < 1.29 is 4.42 Å². The Balaban J connectivity index is 1.71. The molecule has 0 atom stereocenters. The Kier molecular flexibility index (Phi) is 11.1. The summed E-state index contributed by atoms with van der Waals surface area (Å²) in [7, 11) is 0. The standard InChI is InChI=1S/C19H32O/c1-2-3-4-5-6-7-8-9-10-11-12-13-14-16-19-17-15-18-20-19/h2,15,17-18H,1,3-14,16H2. The van der Waals surface area contributed by atoms with Crippen molar-refractivity contribution in [2.45, 2.75) is 83.5 Å². The summed E-state index contributed by atoms with van der Waals surface area (Å²) in [4.78, 5) is 0. The first kappa shape index (κ1) is 17.1. The van der Waals surface area contributed by atoms with Gasteiger partial charge in [0.25, 0.3) is 0 Å². The number of allylic oxidation sites excluding steroid dienone is 1. The van der Waals surface area contributed by atoms with Gasteiger partial charge in [0.2, 0.25) is 0 Å². The van der Waals surface area contributed by atoms with Crippen LogP contribution in [0, 0.1) is 0 Å². The highest BCUT2D eigenvalue weighted by Crippen LogP contribution is 2.13. The summed E-state index contributed by atoms with van der Waals surface area (Å²) in [5, 5.41) is 0. The van der Waals surface area contributed by atoms with Crippen LogP contribution in [0.2, 0.25) is 0 Å². The first-order valence-corrected chi connectivity index (χ1v) is 8.57. The summed E-state index contributed by atoms with van der Waals surface area (Å²) in [6, 6.07) is 4.06. The lowest BCUT2D eigenvalue weighted by molar-refractivity contribution is 0.489. The minimum Gasteiger partial charge on any atom is -0.469 e. The van der Waals surface area contributed by atoms with Gasteiger partial charge in [-0.3, -0.25) is 0 Å². The molecule has 0 N–H and O–H groups in total. The Labute approximate surface area is 125 Å². The molecule has 1 aromatic rings. The molecule has 1 heteroatoms. The highest BCUT2D eigenvalue weighted by atomic mass is 16.3. The summed E-state index contributed by atoms with van der Waals surface area (Å²) in [6.45, 7) is 3.76. The highest BCUT2D eigenvalue weighted by molar-refractivity contribution is 4.97. The predicted octanol–water partition coefficient (Wildman–Crippen LogP) is 6.69. The Morgan fingerprint density at radius 2 is 1.35 bits per heavy atom.